The lowest BCUT2D eigenvalue weighted by Gasteiger charge is -2.14. The van der Waals surface area contributed by atoms with Crippen LogP contribution in [0.15, 0.2) is 24.4 Å². The van der Waals surface area contributed by atoms with Crippen LogP contribution in [-0.2, 0) is 19.5 Å². The van der Waals surface area contributed by atoms with E-state index in [9.17, 15) is 0 Å². The Labute approximate surface area is 103 Å². The molecule has 0 saturated carbocycles. The van der Waals surface area contributed by atoms with Gasteiger partial charge < -0.3 is 9.88 Å². The van der Waals surface area contributed by atoms with Gasteiger partial charge in [0, 0.05) is 30.7 Å². The number of rotatable bonds is 3. The monoisotopic (exact) mass is 228 g/mol. The fraction of sp³-hybridized carbons (Fsp3) is 0.467. The van der Waals surface area contributed by atoms with Crippen LogP contribution in [0.2, 0.25) is 0 Å². The molecule has 0 radical (unpaired) electrons. The Morgan fingerprint density at radius 2 is 2.24 bits per heavy atom. The Morgan fingerprint density at radius 1 is 1.35 bits per heavy atom. The van der Waals surface area contributed by atoms with Gasteiger partial charge in [-0.25, -0.2) is 0 Å². The Kier molecular flexibility index (Phi) is 2.67. The molecule has 1 aromatic carbocycles. The number of benzene rings is 1. The average molecular weight is 228 g/mol. The Balaban J connectivity index is 2.06. The molecule has 2 heterocycles. The van der Waals surface area contributed by atoms with E-state index in [2.05, 4.69) is 48.1 Å². The Hall–Kier alpha value is -1.28. The maximum absolute atomic E-state index is 3.52. The molecule has 0 saturated heterocycles. The minimum Gasteiger partial charge on any atom is -0.347 e. The molecule has 17 heavy (non-hydrogen) atoms. The van der Waals surface area contributed by atoms with E-state index < -0.39 is 0 Å². The average Bonchev–Trinajstić information content (AvgIpc) is 2.68. The third kappa shape index (κ3) is 1.87. The predicted molar refractivity (Wildman–Crippen MR) is 72.2 cm³/mol. The first-order valence-electron chi connectivity index (χ1n) is 6.58. The van der Waals surface area contributed by atoms with E-state index in [1.54, 1.807) is 0 Å². The van der Waals surface area contributed by atoms with E-state index in [1.807, 2.05) is 0 Å². The largest absolute Gasteiger partial charge is 0.347 e. The van der Waals surface area contributed by atoms with Crippen LogP contribution in [0, 0.1) is 0 Å². The molecule has 1 aliphatic heterocycles. The van der Waals surface area contributed by atoms with Gasteiger partial charge in [0.05, 0.1) is 5.52 Å². The minimum atomic E-state index is 0.543. The third-order valence-electron chi connectivity index (χ3n) is 3.61. The van der Waals surface area contributed by atoms with E-state index in [-0.39, 0.29) is 0 Å². The van der Waals surface area contributed by atoms with Gasteiger partial charge in [-0.3, -0.25) is 0 Å². The SMILES string of the molecule is CC(C)NCc1cn2c3c(cccc13)CCC2. The molecule has 1 aromatic heterocycles. The summed E-state index contributed by atoms with van der Waals surface area (Å²) in [5, 5.41) is 4.96. The standard InChI is InChI=1S/C15H20N2/c1-11(2)16-9-13-10-17-8-4-6-12-5-3-7-14(13)15(12)17/h3,5,7,10-11,16H,4,6,8-9H2,1-2H3. The first-order chi connectivity index (χ1) is 8.25. The molecule has 90 valence electrons. The molecule has 0 unspecified atom stereocenters. The molecule has 0 aliphatic carbocycles. The van der Waals surface area contributed by atoms with Crippen LogP contribution in [0.5, 0.6) is 0 Å². The number of nitrogens with zero attached hydrogens (tertiary/aromatic N) is 1. The molecular weight excluding hydrogens is 208 g/mol. The fourth-order valence-corrected chi connectivity index (χ4v) is 2.78. The smallest absolute Gasteiger partial charge is 0.0516 e. The van der Waals surface area contributed by atoms with Crippen molar-refractivity contribution in [2.24, 2.45) is 0 Å². The zero-order valence-electron chi connectivity index (χ0n) is 10.7. The molecule has 1 aliphatic rings. The van der Waals surface area contributed by atoms with Crippen molar-refractivity contribution >= 4 is 10.9 Å². The van der Waals surface area contributed by atoms with Crippen molar-refractivity contribution in [2.75, 3.05) is 0 Å². The maximum atomic E-state index is 3.52. The Bertz CT molecular complexity index is 537. The van der Waals surface area contributed by atoms with Gasteiger partial charge in [-0.2, -0.15) is 0 Å². The predicted octanol–water partition coefficient (Wildman–Crippen LogP) is 3.09. The molecule has 1 N–H and O–H groups in total. The minimum absolute atomic E-state index is 0.543. The van der Waals surface area contributed by atoms with Gasteiger partial charge in [-0.1, -0.05) is 32.0 Å². The maximum Gasteiger partial charge on any atom is 0.0516 e. The molecule has 0 atom stereocenters. The lowest BCUT2D eigenvalue weighted by molar-refractivity contribution is 0.586. The highest BCUT2D eigenvalue weighted by Crippen LogP contribution is 2.29. The van der Waals surface area contributed by atoms with Crippen LogP contribution >= 0.6 is 0 Å². The fourth-order valence-electron chi connectivity index (χ4n) is 2.78. The second-order valence-electron chi connectivity index (χ2n) is 5.30. The first-order valence-corrected chi connectivity index (χ1v) is 6.58. The molecule has 2 nitrogen and oxygen atoms in total. The van der Waals surface area contributed by atoms with Gasteiger partial charge >= 0.3 is 0 Å². The summed E-state index contributed by atoms with van der Waals surface area (Å²) in [5.41, 5.74) is 4.43. The van der Waals surface area contributed by atoms with Crippen molar-refractivity contribution in [3.8, 4) is 0 Å². The molecule has 0 fully saturated rings. The number of aryl methyl sites for hydroxylation is 2. The number of hydrogen-bond acceptors (Lipinski definition) is 1. The van der Waals surface area contributed by atoms with Gasteiger partial charge in [0.15, 0.2) is 0 Å². The highest BCUT2D eigenvalue weighted by Gasteiger charge is 2.15. The van der Waals surface area contributed by atoms with Gasteiger partial charge in [0.1, 0.15) is 0 Å². The summed E-state index contributed by atoms with van der Waals surface area (Å²) in [6.45, 7) is 6.55. The van der Waals surface area contributed by atoms with Crippen LogP contribution in [0.25, 0.3) is 10.9 Å². The second kappa shape index (κ2) is 4.19. The summed E-state index contributed by atoms with van der Waals surface area (Å²) in [4.78, 5) is 0. The van der Waals surface area contributed by atoms with Crippen molar-refractivity contribution in [2.45, 2.75) is 45.8 Å². The van der Waals surface area contributed by atoms with Crippen molar-refractivity contribution in [1.82, 2.24) is 9.88 Å². The zero-order valence-corrected chi connectivity index (χ0v) is 10.7. The van der Waals surface area contributed by atoms with Gasteiger partial charge in [-0.05, 0) is 24.0 Å². The van der Waals surface area contributed by atoms with E-state index in [0.717, 1.165) is 6.54 Å². The summed E-state index contributed by atoms with van der Waals surface area (Å²) in [5.74, 6) is 0. The van der Waals surface area contributed by atoms with Crippen molar-refractivity contribution in [1.29, 1.82) is 0 Å². The summed E-state index contributed by atoms with van der Waals surface area (Å²) in [7, 11) is 0. The summed E-state index contributed by atoms with van der Waals surface area (Å²) < 4.78 is 2.44. The summed E-state index contributed by atoms with van der Waals surface area (Å²) in [6.07, 6.45) is 4.85. The highest BCUT2D eigenvalue weighted by atomic mass is 15.0. The zero-order chi connectivity index (χ0) is 11.8. The Morgan fingerprint density at radius 3 is 3.06 bits per heavy atom. The molecule has 2 aromatic rings. The molecule has 3 rings (SSSR count). The van der Waals surface area contributed by atoms with Crippen LogP contribution in [0.4, 0.5) is 0 Å². The lowest BCUT2D eigenvalue weighted by atomic mass is 10.0. The summed E-state index contributed by atoms with van der Waals surface area (Å²) in [6, 6.07) is 7.28. The normalized spacial score (nSPS) is 14.8. The second-order valence-corrected chi connectivity index (χ2v) is 5.30. The van der Waals surface area contributed by atoms with Crippen molar-refractivity contribution in [3.05, 3.63) is 35.5 Å². The first kappa shape index (κ1) is 10.8. The number of hydrogen-bond donors (Lipinski definition) is 1. The lowest BCUT2D eigenvalue weighted by Crippen LogP contribution is -2.21. The molecule has 0 bridgehead atoms. The van der Waals surface area contributed by atoms with Gasteiger partial charge in [0.25, 0.3) is 0 Å². The van der Waals surface area contributed by atoms with Crippen LogP contribution in [-0.4, -0.2) is 10.6 Å². The van der Waals surface area contributed by atoms with Crippen molar-refractivity contribution < 1.29 is 0 Å². The van der Waals surface area contributed by atoms with Gasteiger partial charge in [-0.15, -0.1) is 0 Å². The molecule has 2 heteroatoms. The van der Waals surface area contributed by atoms with E-state index in [1.165, 1.54) is 41.4 Å². The van der Waals surface area contributed by atoms with Gasteiger partial charge in [0.2, 0.25) is 0 Å². The van der Waals surface area contributed by atoms with E-state index in [4.69, 9.17) is 0 Å². The third-order valence-corrected chi connectivity index (χ3v) is 3.61. The number of nitrogens with one attached hydrogen (secondary N) is 1. The molecular formula is C15H20N2. The van der Waals surface area contributed by atoms with Crippen LogP contribution in [0.1, 0.15) is 31.4 Å². The topological polar surface area (TPSA) is 17.0 Å². The van der Waals surface area contributed by atoms with E-state index >= 15 is 0 Å². The van der Waals surface area contributed by atoms with E-state index in [0.29, 0.717) is 6.04 Å². The molecule has 0 spiro atoms. The number of para-hydroxylation sites is 1. The summed E-state index contributed by atoms with van der Waals surface area (Å²) >= 11 is 0. The molecule has 0 amide bonds. The van der Waals surface area contributed by atoms with Crippen LogP contribution in [0.3, 0.4) is 0 Å². The van der Waals surface area contributed by atoms with Crippen molar-refractivity contribution in [3.63, 3.8) is 0 Å². The number of aromatic nitrogens is 1. The highest BCUT2D eigenvalue weighted by molar-refractivity contribution is 5.87. The van der Waals surface area contributed by atoms with Crippen LogP contribution < -0.4 is 5.32 Å². The quantitative estimate of drug-likeness (QED) is 0.854.